The molecule has 0 unspecified atom stereocenters. The Balaban J connectivity index is 1.97. The van der Waals surface area contributed by atoms with E-state index in [9.17, 15) is 13.2 Å². The number of halogens is 4. The number of rotatable bonds is 5. The van der Waals surface area contributed by atoms with Gasteiger partial charge in [-0.05, 0) is 35.9 Å². The van der Waals surface area contributed by atoms with Crippen LogP contribution in [0.5, 0.6) is 11.5 Å². The van der Waals surface area contributed by atoms with Crippen LogP contribution >= 0.6 is 15.9 Å². The lowest BCUT2D eigenvalue weighted by molar-refractivity contribution is -0.144. The summed E-state index contributed by atoms with van der Waals surface area (Å²) in [5.74, 6) is 0.00985. The molecule has 3 aromatic rings. The van der Waals surface area contributed by atoms with Crippen LogP contribution in [-0.4, -0.2) is 24.2 Å². The van der Waals surface area contributed by atoms with Crippen molar-refractivity contribution in [1.82, 2.24) is 9.97 Å². The minimum atomic E-state index is -4.64. The van der Waals surface area contributed by atoms with Crippen LogP contribution in [0.25, 0.3) is 10.9 Å². The lowest BCUT2D eigenvalue weighted by Gasteiger charge is -2.14. The normalized spacial score (nSPS) is 11.5. The Morgan fingerprint density at radius 3 is 2.41 bits per heavy atom. The van der Waals surface area contributed by atoms with Crippen LogP contribution in [0.4, 0.5) is 19.0 Å². The topological polar surface area (TPSA) is 56.3 Å². The first-order valence-electron chi connectivity index (χ1n) is 7.81. The number of hydrogen-bond acceptors (Lipinski definition) is 5. The van der Waals surface area contributed by atoms with Crippen molar-refractivity contribution in [3.8, 4) is 11.5 Å². The molecule has 0 spiro atoms. The second-order valence-electron chi connectivity index (χ2n) is 5.60. The highest BCUT2D eigenvalue weighted by Crippen LogP contribution is 2.32. The molecule has 0 bridgehead atoms. The number of alkyl halides is 3. The number of benzene rings is 2. The second kappa shape index (κ2) is 7.59. The highest BCUT2D eigenvalue weighted by molar-refractivity contribution is 9.10. The molecule has 142 valence electrons. The largest absolute Gasteiger partial charge is 0.493 e. The molecule has 0 aliphatic heterocycles. The van der Waals surface area contributed by atoms with Gasteiger partial charge >= 0.3 is 6.18 Å². The molecule has 1 heterocycles. The summed E-state index contributed by atoms with van der Waals surface area (Å²) < 4.78 is 50.5. The Morgan fingerprint density at radius 1 is 1.00 bits per heavy atom. The van der Waals surface area contributed by atoms with Crippen LogP contribution in [0.2, 0.25) is 0 Å². The van der Waals surface area contributed by atoms with Crippen molar-refractivity contribution in [3.05, 3.63) is 52.3 Å². The molecule has 0 saturated carbocycles. The Bertz CT molecular complexity index is 980. The first-order valence-corrected chi connectivity index (χ1v) is 8.60. The number of methoxy groups -OCH3 is 2. The molecule has 0 aliphatic rings. The van der Waals surface area contributed by atoms with Gasteiger partial charge in [-0.2, -0.15) is 13.2 Å². The molecule has 0 atom stereocenters. The predicted octanol–water partition coefficient (Wildman–Crippen LogP) is 5.04. The van der Waals surface area contributed by atoms with Crippen LogP contribution in [0.1, 0.15) is 11.4 Å². The Morgan fingerprint density at radius 2 is 1.74 bits per heavy atom. The molecule has 0 amide bonds. The summed E-state index contributed by atoms with van der Waals surface area (Å²) in [4.78, 5) is 7.30. The van der Waals surface area contributed by atoms with Gasteiger partial charge < -0.3 is 14.8 Å². The van der Waals surface area contributed by atoms with Gasteiger partial charge in [-0.25, -0.2) is 9.97 Å². The van der Waals surface area contributed by atoms with Crippen molar-refractivity contribution in [3.63, 3.8) is 0 Å². The third-order valence-electron chi connectivity index (χ3n) is 3.82. The number of aromatic nitrogens is 2. The van der Waals surface area contributed by atoms with Crippen molar-refractivity contribution in [2.75, 3.05) is 19.5 Å². The van der Waals surface area contributed by atoms with E-state index in [0.717, 1.165) is 5.56 Å². The molecule has 5 nitrogen and oxygen atoms in total. The molecule has 0 radical (unpaired) electrons. The molecule has 1 N–H and O–H groups in total. The predicted molar refractivity (Wildman–Crippen MR) is 99.1 cm³/mol. The molecule has 3 rings (SSSR count). The highest BCUT2D eigenvalue weighted by atomic mass is 79.9. The molecular weight excluding hydrogens is 427 g/mol. The Labute approximate surface area is 161 Å². The van der Waals surface area contributed by atoms with Crippen molar-refractivity contribution < 1.29 is 22.6 Å². The van der Waals surface area contributed by atoms with Crippen LogP contribution in [0, 0.1) is 0 Å². The minimum Gasteiger partial charge on any atom is -0.493 e. The monoisotopic (exact) mass is 441 g/mol. The van der Waals surface area contributed by atoms with E-state index < -0.39 is 12.0 Å². The first-order chi connectivity index (χ1) is 12.8. The zero-order valence-electron chi connectivity index (χ0n) is 14.4. The van der Waals surface area contributed by atoms with Crippen molar-refractivity contribution in [1.29, 1.82) is 0 Å². The van der Waals surface area contributed by atoms with Gasteiger partial charge in [0.1, 0.15) is 5.82 Å². The van der Waals surface area contributed by atoms with Gasteiger partial charge in [-0.3, -0.25) is 0 Å². The third-order valence-corrected chi connectivity index (χ3v) is 4.31. The minimum absolute atomic E-state index is 0.100. The van der Waals surface area contributed by atoms with E-state index in [1.165, 1.54) is 20.3 Å². The van der Waals surface area contributed by atoms with E-state index in [2.05, 4.69) is 31.2 Å². The average molecular weight is 442 g/mol. The maximum Gasteiger partial charge on any atom is 0.451 e. The van der Waals surface area contributed by atoms with Crippen molar-refractivity contribution >= 4 is 32.7 Å². The molecule has 27 heavy (non-hydrogen) atoms. The summed E-state index contributed by atoms with van der Waals surface area (Å²) in [5.41, 5.74) is 0.998. The molecule has 1 aromatic heterocycles. The van der Waals surface area contributed by atoms with Crippen LogP contribution in [0.15, 0.2) is 40.9 Å². The van der Waals surface area contributed by atoms with E-state index in [-0.39, 0.29) is 17.9 Å². The Hall–Kier alpha value is -2.55. The summed E-state index contributed by atoms with van der Waals surface area (Å²) in [5, 5.41) is 3.45. The molecule has 0 aliphatic carbocycles. The summed E-state index contributed by atoms with van der Waals surface area (Å²) in [6.45, 7) is 0.246. The number of fused-ring (bicyclic) bond motifs is 1. The average Bonchev–Trinajstić information content (AvgIpc) is 2.64. The van der Waals surface area contributed by atoms with E-state index in [1.807, 2.05) is 0 Å². The van der Waals surface area contributed by atoms with Gasteiger partial charge in [0.25, 0.3) is 0 Å². The summed E-state index contributed by atoms with van der Waals surface area (Å²) in [7, 11) is 3.04. The molecule has 0 saturated heterocycles. The van der Waals surface area contributed by atoms with Gasteiger partial charge in [-0.15, -0.1) is 0 Å². The first kappa shape index (κ1) is 19.2. The number of anilines is 1. The number of ether oxygens (including phenoxy) is 2. The maximum atomic E-state index is 13.1. The van der Waals surface area contributed by atoms with Crippen LogP contribution in [0.3, 0.4) is 0 Å². The molecule has 9 heteroatoms. The van der Waals surface area contributed by atoms with Gasteiger partial charge in [0.15, 0.2) is 11.5 Å². The Kier molecular flexibility index (Phi) is 5.41. The quantitative estimate of drug-likeness (QED) is 0.600. The van der Waals surface area contributed by atoms with Gasteiger partial charge in [0, 0.05) is 16.4 Å². The number of nitrogens with one attached hydrogen (secondary N) is 1. The third kappa shape index (κ3) is 4.24. The van der Waals surface area contributed by atoms with E-state index in [4.69, 9.17) is 9.47 Å². The SMILES string of the molecule is COc1ccc(CNc2nc(C(F)(F)F)nc3ccc(Br)cc23)cc1OC. The van der Waals surface area contributed by atoms with E-state index >= 15 is 0 Å². The second-order valence-corrected chi connectivity index (χ2v) is 6.51. The van der Waals surface area contributed by atoms with Crippen molar-refractivity contribution in [2.24, 2.45) is 0 Å². The van der Waals surface area contributed by atoms with Crippen LogP contribution in [-0.2, 0) is 12.7 Å². The lowest BCUT2D eigenvalue weighted by Crippen LogP contribution is -2.13. The van der Waals surface area contributed by atoms with E-state index in [1.54, 1.807) is 30.3 Å². The summed E-state index contributed by atoms with van der Waals surface area (Å²) in [6.07, 6.45) is -4.64. The van der Waals surface area contributed by atoms with Crippen molar-refractivity contribution in [2.45, 2.75) is 12.7 Å². The maximum absolute atomic E-state index is 13.1. The van der Waals surface area contributed by atoms with E-state index in [0.29, 0.717) is 21.4 Å². The molecule has 0 fully saturated rings. The number of hydrogen-bond donors (Lipinski definition) is 1. The standard InChI is InChI=1S/C18H15BrF3N3O2/c1-26-14-6-3-10(7-15(14)27-2)9-23-16-12-8-11(19)4-5-13(12)24-17(25-16)18(20,21)22/h3-8H,9H2,1-2H3,(H,23,24,25). The van der Waals surface area contributed by atoms with Gasteiger partial charge in [0.05, 0.1) is 19.7 Å². The fraction of sp³-hybridized carbons (Fsp3) is 0.222. The van der Waals surface area contributed by atoms with Gasteiger partial charge in [-0.1, -0.05) is 22.0 Å². The zero-order valence-corrected chi connectivity index (χ0v) is 16.0. The molecule has 2 aromatic carbocycles. The number of nitrogens with zero attached hydrogens (tertiary/aromatic N) is 2. The fourth-order valence-corrected chi connectivity index (χ4v) is 2.90. The zero-order chi connectivity index (χ0) is 19.6. The highest BCUT2D eigenvalue weighted by Gasteiger charge is 2.35. The van der Waals surface area contributed by atoms with Crippen LogP contribution < -0.4 is 14.8 Å². The summed E-state index contributed by atoms with van der Waals surface area (Å²) in [6, 6.07) is 10.1. The van der Waals surface area contributed by atoms with Gasteiger partial charge in [0.2, 0.25) is 5.82 Å². The lowest BCUT2D eigenvalue weighted by atomic mass is 10.2. The summed E-state index contributed by atoms with van der Waals surface area (Å²) >= 11 is 3.32. The molecular formula is C18H15BrF3N3O2. The smallest absolute Gasteiger partial charge is 0.451 e. The fourth-order valence-electron chi connectivity index (χ4n) is 2.54.